The van der Waals surface area contributed by atoms with Gasteiger partial charge in [-0.05, 0) is 55.3 Å². The number of halogens is 1. The van der Waals surface area contributed by atoms with Crippen LogP contribution in [0.4, 0.5) is 0 Å². The number of hydrogen-bond acceptors (Lipinski definition) is 5. The number of rotatable bonds is 7. The molecule has 28 heavy (non-hydrogen) atoms. The van der Waals surface area contributed by atoms with E-state index in [1.165, 1.54) is 6.08 Å². The number of carbonyl (C=O) groups excluding carboxylic acids is 1. The summed E-state index contributed by atoms with van der Waals surface area (Å²) in [5.74, 6) is 2.18. The third kappa shape index (κ3) is 4.51. The van der Waals surface area contributed by atoms with Crippen LogP contribution in [0.3, 0.4) is 0 Å². The van der Waals surface area contributed by atoms with Crippen molar-refractivity contribution in [1.82, 2.24) is 5.32 Å². The number of hydrogen-bond donors (Lipinski definition) is 1. The summed E-state index contributed by atoms with van der Waals surface area (Å²) >= 11 is 6.26. The lowest BCUT2D eigenvalue weighted by atomic mass is 10.1. The van der Waals surface area contributed by atoms with Crippen LogP contribution in [0.15, 0.2) is 36.4 Å². The molecule has 1 unspecified atom stereocenters. The van der Waals surface area contributed by atoms with Crippen LogP contribution in [0.1, 0.15) is 31.0 Å². The van der Waals surface area contributed by atoms with Gasteiger partial charge in [0.1, 0.15) is 0 Å². The van der Waals surface area contributed by atoms with Crippen LogP contribution in [0.25, 0.3) is 6.08 Å². The number of benzene rings is 2. The first-order valence-corrected chi connectivity index (χ1v) is 9.28. The first-order chi connectivity index (χ1) is 13.5. The van der Waals surface area contributed by atoms with Crippen molar-refractivity contribution in [2.45, 2.75) is 19.9 Å². The fourth-order valence-corrected chi connectivity index (χ4v) is 3.09. The fraction of sp³-hybridized carbons (Fsp3) is 0.286. The summed E-state index contributed by atoms with van der Waals surface area (Å²) in [4.78, 5) is 12.3. The summed E-state index contributed by atoms with van der Waals surface area (Å²) in [5.41, 5.74) is 1.66. The summed E-state index contributed by atoms with van der Waals surface area (Å²) in [6, 6.07) is 8.91. The highest BCUT2D eigenvalue weighted by Crippen LogP contribution is 2.37. The minimum atomic E-state index is -0.228. The van der Waals surface area contributed by atoms with Crippen molar-refractivity contribution in [2.24, 2.45) is 0 Å². The Labute approximate surface area is 169 Å². The van der Waals surface area contributed by atoms with Crippen molar-refractivity contribution >= 4 is 23.6 Å². The van der Waals surface area contributed by atoms with Gasteiger partial charge in [0.25, 0.3) is 0 Å². The van der Waals surface area contributed by atoms with E-state index in [2.05, 4.69) is 5.32 Å². The fourth-order valence-electron chi connectivity index (χ4n) is 2.82. The minimum Gasteiger partial charge on any atom is -0.493 e. The van der Waals surface area contributed by atoms with E-state index in [0.29, 0.717) is 34.6 Å². The maximum absolute atomic E-state index is 12.3. The van der Waals surface area contributed by atoms with Gasteiger partial charge in [0.05, 0.1) is 24.8 Å². The molecule has 0 aromatic heterocycles. The van der Waals surface area contributed by atoms with Gasteiger partial charge in [-0.25, -0.2) is 0 Å². The molecule has 2 aromatic rings. The summed E-state index contributed by atoms with van der Waals surface area (Å²) in [6.07, 6.45) is 3.13. The summed E-state index contributed by atoms with van der Waals surface area (Å²) < 4.78 is 21.5. The number of fused-ring (bicyclic) bond motifs is 1. The van der Waals surface area contributed by atoms with E-state index in [1.807, 2.05) is 32.0 Å². The van der Waals surface area contributed by atoms with Crippen molar-refractivity contribution in [3.05, 3.63) is 52.6 Å². The number of nitrogens with one attached hydrogen (secondary N) is 1. The van der Waals surface area contributed by atoms with Crippen LogP contribution in [0.2, 0.25) is 5.02 Å². The Balaban J connectivity index is 1.67. The molecular weight excluding hydrogens is 382 g/mol. The highest BCUT2D eigenvalue weighted by molar-refractivity contribution is 6.32. The Kier molecular flexibility index (Phi) is 6.31. The van der Waals surface area contributed by atoms with Crippen LogP contribution in [0, 0.1) is 0 Å². The van der Waals surface area contributed by atoms with Gasteiger partial charge in [-0.1, -0.05) is 17.7 Å². The minimum absolute atomic E-state index is 0.190. The van der Waals surface area contributed by atoms with Gasteiger partial charge in [0.15, 0.2) is 23.0 Å². The standard InChI is InChI=1S/C21H22ClNO5/c1-4-26-21-16(22)9-14(10-19(21)25-3)5-8-20(24)23-13(2)15-6-7-17-18(11-15)28-12-27-17/h5-11,13H,4,12H2,1-3H3,(H,23,24)/b8-5+. The van der Waals surface area contributed by atoms with Crippen molar-refractivity contribution in [3.63, 3.8) is 0 Å². The van der Waals surface area contributed by atoms with E-state index in [0.717, 1.165) is 11.1 Å². The average Bonchev–Trinajstić information content (AvgIpc) is 3.15. The quantitative estimate of drug-likeness (QED) is 0.695. The van der Waals surface area contributed by atoms with Crippen LogP contribution >= 0.6 is 11.6 Å². The molecule has 1 N–H and O–H groups in total. The molecule has 1 aliphatic heterocycles. The summed E-state index contributed by atoms with van der Waals surface area (Å²) in [5, 5.41) is 3.35. The van der Waals surface area contributed by atoms with E-state index in [-0.39, 0.29) is 18.7 Å². The van der Waals surface area contributed by atoms with Gasteiger partial charge in [-0.2, -0.15) is 0 Å². The number of carbonyl (C=O) groups is 1. The second-order valence-electron chi connectivity index (χ2n) is 6.14. The Morgan fingerprint density at radius 1 is 1.29 bits per heavy atom. The molecule has 1 atom stereocenters. The maximum atomic E-state index is 12.3. The van der Waals surface area contributed by atoms with Crippen molar-refractivity contribution in [2.75, 3.05) is 20.5 Å². The summed E-state index contributed by atoms with van der Waals surface area (Å²) in [7, 11) is 1.54. The van der Waals surface area contributed by atoms with Gasteiger partial charge in [0.2, 0.25) is 12.7 Å². The van der Waals surface area contributed by atoms with E-state index >= 15 is 0 Å². The lowest BCUT2D eigenvalue weighted by molar-refractivity contribution is -0.117. The molecular formula is C21H22ClNO5. The lowest BCUT2D eigenvalue weighted by Gasteiger charge is -2.14. The molecule has 2 aromatic carbocycles. The average molecular weight is 404 g/mol. The summed E-state index contributed by atoms with van der Waals surface area (Å²) in [6.45, 7) is 4.47. The molecule has 1 heterocycles. The molecule has 7 heteroatoms. The van der Waals surface area contributed by atoms with E-state index in [1.54, 1.807) is 25.3 Å². The highest BCUT2D eigenvalue weighted by atomic mass is 35.5. The van der Waals surface area contributed by atoms with Crippen molar-refractivity contribution in [3.8, 4) is 23.0 Å². The van der Waals surface area contributed by atoms with Gasteiger partial charge in [-0.3, -0.25) is 4.79 Å². The molecule has 0 aliphatic carbocycles. The molecule has 0 spiro atoms. The number of ether oxygens (including phenoxy) is 4. The first-order valence-electron chi connectivity index (χ1n) is 8.90. The third-order valence-electron chi connectivity index (χ3n) is 4.22. The molecule has 3 rings (SSSR count). The predicted molar refractivity (Wildman–Crippen MR) is 107 cm³/mol. The molecule has 6 nitrogen and oxygen atoms in total. The van der Waals surface area contributed by atoms with Gasteiger partial charge >= 0.3 is 0 Å². The monoisotopic (exact) mass is 403 g/mol. The second-order valence-corrected chi connectivity index (χ2v) is 6.55. The Morgan fingerprint density at radius 2 is 2.07 bits per heavy atom. The van der Waals surface area contributed by atoms with E-state index in [4.69, 9.17) is 30.5 Å². The smallest absolute Gasteiger partial charge is 0.244 e. The zero-order valence-corrected chi connectivity index (χ0v) is 16.7. The zero-order valence-electron chi connectivity index (χ0n) is 16.0. The van der Waals surface area contributed by atoms with Gasteiger partial charge in [-0.15, -0.1) is 0 Å². The molecule has 1 amide bonds. The first kappa shape index (κ1) is 19.9. The van der Waals surface area contributed by atoms with Crippen molar-refractivity contribution < 1.29 is 23.7 Å². The van der Waals surface area contributed by atoms with Gasteiger partial charge < -0.3 is 24.3 Å². The number of amides is 1. The predicted octanol–water partition coefficient (Wildman–Crippen LogP) is 4.37. The number of methoxy groups -OCH3 is 1. The molecule has 1 aliphatic rings. The second kappa shape index (κ2) is 8.89. The highest BCUT2D eigenvalue weighted by Gasteiger charge is 2.16. The Hall–Kier alpha value is -2.86. The largest absolute Gasteiger partial charge is 0.493 e. The molecule has 0 bridgehead atoms. The lowest BCUT2D eigenvalue weighted by Crippen LogP contribution is -2.24. The topological polar surface area (TPSA) is 66.0 Å². The van der Waals surface area contributed by atoms with Crippen LogP contribution in [-0.2, 0) is 4.79 Å². The van der Waals surface area contributed by atoms with Gasteiger partial charge in [0, 0.05) is 6.08 Å². The normalized spacial score (nSPS) is 13.4. The molecule has 0 fully saturated rings. The van der Waals surface area contributed by atoms with Crippen LogP contribution in [0.5, 0.6) is 23.0 Å². The zero-order chi connectivity index (χ0) is 20.1. The Morgan fingerprint density at radius 3 is 2.82 bits per heavy atom. The molecule has 0 saturated carbocycles. The molecule has 148 valence electrons. The SMILES string of the molecule is CCOc1c(Cl)cc(/C=C/C(=O)NC(C)c2ccc3c(c2)OCO3)cc1OC. The molecule has 0 radical (unpaired) electrons. The van der Waals surface area contributed by atoms with E-state index in [9.17, 15) is 4.79 Å². The Bertz CT molecular complexity index is 897. The third-order valence-corrected chi connectivity index (χ3v) is 4.50. The van der Waals surface area contributed by atoms with E-state index < -0.39 is 0 Å². The van der Waals surface area contributed by atoms with Crippen molar-refractivity contribution in [1.29, 1.82) is 0 Å². The van der Waals surface area contributed by atoms with Crippen LogP contribution in [-0.4, -0.2) is 26.4 Å². The van der Waals surface area contributed by atoms with Crippen LogP contribution < -0.4 is 24.3 Å². The maximum Gasteiger partial charge on any atom is 0.244 e. The molecule has 0 saturated heterocycles.